The Morgan fingerprint density at radius 1 is 1.44 bits per heavy atom. The van der Waals surface area contributed by atoms with Gasteiger partial charge < -0.3 is 20.4 Å². The molecule has 0 saturated carbocycles. The van der Waals surface area contributed by atoms with Crippen LogP contribution in [0.25, 0.3) is 11.2 Å². The number of hydrogen-bond donors (Lipinski definition) is 2. The highest BCUT2D eigenvalue weighted by Gasteiger charge is 2.27. The lowest BCUT2D eigenvalue weighted by Crippen LogP contribution is -2.26. The van der Waals surface area contributed by atoms with Crippen molar-refractivity contribution in [2.45, 2.75) is 25.2 Å². The average molecular weight is 251 g/mol. The standard InChI is InChI=1S/C10H13N5O3/c11-9-8-10(13-4-12-9)15(5-14-8)18-7-2-1-6(3-16)17-7/h4-7,16H,1-3H2,(H2,11,12,13)/t6-,7?/m0/s1. The molecule has 1 fully saturated rings. The number of hydrogen-bond acceptors (Lipinski definition) is 7. The number of aliphatic hydroxyl groups is 1. The van der Waals surface area contributed by atoms with Gasteiger partial charge >= 0.3 is 0 Å². The fraction of sp³-hybridized carbons (Fsp3) is 0.500. The van der Waals surface area contributed by atoms with Crippen molar-refractivity contribution in [1.29, 1.82) is 0 Å². The van der Waals surface area contributed by atoms with Crippen LogP contribution in [0.15, 0.2) is 12.7 Å². The topological polar surface area (TPSA) is 108 Å². The maximum Gasteiger partial charge on any atom is 0.225 e. The van der Waals surface area contributed by atoms with E-state index in [1.165, 1.54) is 17.4 Å². The Balaban J connectivity index is 1.81. The summed E-state index contributed by atoms with van der Waals surface area (Å²) in [6.07, 6.45) is 3.74. The molecule has 1 aliphatic rings. The summed E-state index contributed by atoms with van der Waals surface area (Å²) in [5, 5.41) is 8.98. The maximum atomic E-state index is 8.98. The number of rotatable bonds is 3. The molecule has 96 valence electrons. The molecule has 0 bridgehead atoms. The Hall–Kier alpha value is -1.93. The summed E-state index contributed by atoms with van der Waals surface area (Å²) in [7, 11) is 0. The van der Waals surface area contributed by atoms with Crippen molar-refractivity contribution in [2.75, 3.05) is 12.3 Å². The van der Waals surface area contributed by atoms with Gasteiger partial charge in [-0.15, -0.1) is 4.73 Å². The number of fused-ring (bicyclic) bond motifs is 1. The van der Waals surface area contributed by atoms with Gasteiger partial charge in [-0.05, 0) is 6.42 Å². The van der Waals surface area contributed by atoms with Gasteiger partial charge in [0.15, 0.2) is 11.3 Å². The number of aromatic nitrogens is 4. The van der Waals surface area contributed by atoms with Gasteiger partial charge in [-0.1, -0.05) is 0 Å². The molecular formula is C10H13N5O3. The van der Waals surface area contributed by atoms with Crippen molar-refractivity contribution in [2.24, 2.45) is 0 Å². The predicted molar refractivity (Wildman–Crippen MR) is 61.3 cm³/mol. The van der Waals surface area contributed by atoms with Crippen molar-refractivity contribution in [3.05, 3.63) is 12.7 Å². The number of imidazole rings is 1. The molecule has 1 unspecified atom stereocenters. The Kier molecular flexibility index (Phi) is 2.73. The predicted octanol–water partition coefficient (Wildman–Crippen LogP) is -0.666. The van der Waals surface area contributed by atoms with Crippen molar-refractivity contribution in [1.82, 2.24) is 19.7 Å². The summed E-state index contributed by atoms with van der Waals surface area (Å²) in [5.74, 6) is 0.308. The van der Waals surface area contributed by atoms with Crippen LogP contribution in [-0.4, -0.2) is 43.8 Å². The van der Waals surface area contributed by atoms with E-state index in [2.05, 4.69) is 15.0 Å². The molecule has 1 aliphatic heterocycles. The van der Waals surface area contributed by atoms with Crippen LogP contribution in [0.5, 0.6) is 0 Å². The van der Waals surface area contributed by atoms with Crippen LogP contribution in [-0.2, 0) is 4.74 Å². The maximum absolute atomic E-state index is 8.98. The second kappa shape index (κ2) is 4.39. The van der Waals surface area contributed by atoms with Crippen LogP contribution in [0.1, 0.15) is 12.8 Å². The molecule has 3 heterocycles. The molecule has 3 rings (SSSR count). The van der Waals surface area contributed by atoms with Crippen molar-refractivity contribution >= 4 is 17.0 Å². The Labute approximate surface area is 102 Å². The van der Waals surface area contributed by atoms with Crippen molar-refractivity contribution in [3.8, 4) is 0 Å². The molecule has 2 aromatic rings. The highest BCUT2D eigenvalue weighted by Crippen LogP contribution is 2.20. The third-order valence-corrected chi connectivity index (χ3v) is 2.84. The van der Waals surface area contributed by atoms with E-state index in [0.29, 0.717) is 23.4 Å². The van der Waals surface area contributed by atoms with Crippen LogP contribution >= 0.6 is 0 Å². The van der Waals surface area contributed by atoms with Crippen molar-refractivity contribution < 1.29 is 14.7 Å². The monoisotopic (exact) mass is 251 g/mol. The molecule has 1 saturated heterocycles. The fourth-order valence-corrected chi connectivity index (χ4v) is 1.92. The number of ether oxygens (including phenoxy) is 1. The Morgan fingerprint density at radius 2 is 2.33 bits per heavy atom. The molecule has 18 heavy (non-hydrogen) atoms. The first-order chi connectivity index (χ1) is 8.78. The highest BCUT2D eigenvalue weighted by atomic mass is 16.8. The van der Waals surface area contributed by atoms with Gasteiger partial charge in [0.1, 0.15) is 12.7 Å². The van der Waals surface area contributed by atoms with Gasteiger partial charge in [-0.2, -0.15) is 0 Å². The molecule has 0 aliphatic carbocycles. The minimum absolute atomic E-state index is 0.000343. The molecule has 0 amide bonds. The SMILES string of the molecule is Nc1ncnc2c1ncn2OC1CC[C@@H](CO)O1. The minimum atomic E-state index is -0.407. The zero-order valence-corrected chi connectivity index (χ0v) is 9.56. The van der Waals surface area contributed by atoms with Gasteiger partial charge in [0.2, 0.25) is 11.9 Å². The van der Waals surface area contributed by atoms with Crippen LogP contribution < -0.4 is 10.6 Å². The first kappa shape index (κ1) is 11.2. The third kappa shape index (κ3) is 1.85. The van der Waals surface area contributed by atoms with Crippen LogP contribution in [0.3, 0.4) is 0 Å². The van der Waals surface area contributed by atoms with Crippen LogP contribution in [0.2, 0.25) is 0 Å². The molecule has 3 N–H and O–H groups in total. The molecule has 0 spiro atoms. The van der Waals surface area contributed by atoms with E-state index >= 15 is 0 Å². The molecule has 0 aromatic carbocycles. The highest BCUT2D eigenvalue weighted by molar-refractivity contribution is 5.80. The number of aliphatic hydroxyl groups excluding tert-OH is 1. The summed E-state index contributed by atoms with van der Waals surface area (Å²) < 4.78 is 6.88. The quantitative estimate of drug-likeness (QED) is 0.745. The van der Waals surface area contributed by atoms with Gasteiger partial charge in [-0.3, -0.25) is 0 Å². The van der Waals surface area contributed by atoms with Gasteiger partial charge in [0, 0.05) is 6.42 Å². The van der Waals surface area contributed by atoms with E-state index < -0.39 is 6.29 Å². The smallest absolute Gasteiger partial charge is 0.225 e. The first-order valence-corrected chi connectivity index (χ1v) is 5.65. The van der Waals surface area contributed by atoms with Gasteiger partial charge in [0.05, 0.1) is 12.7 Å². The summed E-state index contributed by atoms with van der Waals surface area (Å²) in [5.41, 5.74) is 6.67. The Bertz CT molecular complexity index is 557. The molecule has 8 heteroatoms. The number of anilines is 1. The van der Waals surface area contributed by atoms with E-state index in [9.17, 15) is 0 Å². The summed E-state index contributed by atoms with van der Waals surface area (Å²) in [6.45, 7) is -0.000343. The third-order valence-electron chi connectivity index (χ3n) is 2.84. The van der Waals surface area contributed by atoms with Crippen molar-refractivity contribution in [3.63, 3.8) is 0 Å². The summed E-state index contributed by atoms with van der Waals surface area (Å²) in [6, 6.07) is 0. The van der Waals surface area contributed by atoms with E-state index in [1.54, 1.807) is 0 Å². The zero-order valence-electron chi connectivity index (χ0n) is 9.56. The van der Waals surface area contributed by atoms with E-state index in [4.69, 9.17) is 20.4 Å². The Morgan fingerprint density at radius 3 is 3.11 bits per heavy atom. The molecule has 8 nitrogen and oxygen atoms in total. The molecular weight excluding hydrogens is 238 g/mol. The van der Waals surface area contributed by atoms with Crippen LogP contribution in [0, 0.1) is 0 Å². The second-order valence-corrected chi connectivity index (χ2v) is 4.05. The zero-order chi connectivity index (χ0) is 12.5. The summed E-state index contributed by atoms with van der Waals surface area (Å²) >= 11 is 0. The molecule has 2 aromatic heterocycles. The van der Waals surface area contributed by atoms with Gasteiger partial charge in [-0.25, -0.2) is 15.0 Å². The number of nitrogens with two attached hydrogens (primary N) is 1. The lowest BCUT2D eigenvalue weighted by molar-refractivity contribution is -0.140. The molecule has 2 atom stereocenters. The number of nitrogens with zero attached hydrogens (tertiary/aromatic N) is 4. The lowest BCUT2D eigenvalue weighted by atomic mass is 10.2. The van der Waals surface area contributed by atoms with Crippen LogP contribution in [0.4, 0.5) is 5.82 Å². The second-order valence-electron chi connectivity index (χ2n) is 4.05. The summed E-state index contributed by atoms with van der Waals surface area (Å²) in [4.78, 5) is 17.6. The largest absolute Gasteiger partial charge is 0.394 e. The first-order valence-electron chi connectivity index (χ1n) is 5.65. The van der Waals surface area contributed by atoms with E-state index in [0.717, 1.165) is 6.42 Å². The van der Waals surface area contributed by atoms with E-state index in [-0.39, 0.29) is 12.7 Å². The number of nitrogen functional groups attached to an aromatic ring is 1. The van der Waals surface area contributed by atoms with Gasteiger partial charge in [0.25, 0.3) is 0 Å². The normalized spacial score (nSPS) is 23.6. The average Bonchev–Trinajstić information content (AvgIpc) is 2.98. The minimum Gasteiger partial charge on any atom is -0.394 e. The van der Waals surface area contributed by atoms with E-state index in [1.807, 2.05) is 0 Å². The molecule has 0 radical (unpaired) electrons. The lowest BCUT2D eigenvalue weighted by Gasteiger charge is -2.14. The fourth-order valence-electron chi connectivity index (χ4n) is 1.92.